The fraction of sp³-hybridized carbons (Fsp3) is 0.118. The molecule has 1 N–H and O–H groups in total. The summed E-state index contributed by atoms with van der Waals surface area (Å²) in [6.45, 7) is 1.02. The highest BCUT2D eigenvalue weighted by Crippen LogP contribution is 2.21. The van der Waals surface area contributed by atoms with Crippen LogP contribution in [0.2, 0.25) is 10.0 Å². The summed E-state index contributed by atoms with van der Waals surface area (Å²) < 4.78 is 7.34. The first-order valence-electron chi connectivity index (χ1n) is 7.43. The van der Waals surface area contributed by atoms with Crippen LogP contribution < -0.4 is 10.1 Å². The molecule has 1 amide bonds. The third-order valence-corrected chi connectivity index (χ3v) is 3.71. The molecular formula is C17H14Cl2N4O2. The summed E-state index contributed by atoms with van der Waals surface area (Å²) in [7, 11) is 0. The van der Waals surface area contributed by atoms with Gasteiger partial charge in [-0.25, -0.2) is 9.67 Å². The Morgan fingerprint density at radius 1 is 1.16 bits per heavy atom. The second-order valence-electron chi connectivity index (χ2n) is 5.15. The molecule has 0 aliphatic heterocycles. The minimum absolute atomic E-state index is 0.302. The predicted octanol–water partition coefficient (Wildman–Crippen LogP) is 3.92. The number of hydrogen-bond acceptors (Lipinski definition) is 4. The molecule has 3 rings (SSSR count). The Morgan fingerprint density at radius 3 is 2.68 bits per heavy atom. The monoisotopic (exact) mass is 376 g/mol. The van der Waals surface area contributed by atoms with Crippen molar-refractivity contribution in [1.29, 1.82) is 0 Å². The highest BCUT2D eigenvalue weighted by Gasteiger charge is 2.09. The molecule has 2 aromatic carbocycles. The number of benzene rings is 2. The van der Waals surface area contributed by atoms with Crippen molar-refractivity contribution >= 4 is 34.8 Å². The standard InChI is InChI=1S/C17H14Cl2N4O2/c18-13-6-12(7-14(19)8-13)17(24)22-15-2-1-3-16(9-15)25-5-4-23-11-20-10-21-23/h1-3,6-11H,4-5H2,(H,22,24). The van der Waals surface area contributed by atoms with Crippen molar-refractivity contribution in [2.75, 3.05) is 11.9 Å². The highest BCUT2D eigenvalue weighted by atomic mass is 35.5. The molecule has 0 bridgehead atoms. The van der Waals surface area contributed by atoms with E-state index < -0.39 is 0 Å². The lowest BCUT2D eigenvalue weighted by Crippen LogP contribution is -2.12. The van der Waals surface area contributed by atoms with Gasteiger partial charge in [0.2, 0.25) is 0 Å². The Hall–Kier alpha value is -2.57. The predicted molar refractivity (Wildman–Crippen MR) is 96.4 cm³/mol. The summed E-state index contributed by atoms with van der Waals surface area (Å²) in [5, 5.41) is 7.60. The second-order valence-corrected chi connectivity index (χ2v) is 6.02. The largest absolute Gasteiger partial charge is 0.492 e. The van der Waals surface area contributed by atoms with Crippen molar-refractivity contribution in [2.45, 2.75) is 6.54 Å². The topological polar surface area (TPSA) is 69.0 Å². The summed E-state index contributed by atoms with van der Waals surface area (Å²) in [6, 6.07) is 11.8. The van der Waals surface area contributed by atoms with E-state index in [0.29, 0.717) is 40.2 Å². The van der Waals surface area contributed by atoms with Gasteiger partial charge in [0.1, 0.15) is 25.0 Å². The molecule has 3 aromatic rings. The van der Waals surface area contributed by atoms with Crippen LogP contribution in [-0.2, 0) is 6.54 Å². The van der Waals surface area contributed by atoms with Crippen LogP contribution in [0.15, 0.2) is 55.1 Å². The maximum absolute atomic E-state index is 12.3. The molecule has 0 aliphatic carbocycles. The minimum atomic E-state index is -0.302. The molecule has 0 unspecified atom stereocenters. The molecule has 0 atom stereocenters. The van der Waals surface area contributed by atoms with E-state index in [1.807, 2.05) is 6.07 Å². The maximum Gasteiger partial charge on any atom is 0.255 e. The van der Waals surface area contributed by atoms with E-state index in [1.165, 1.54) is 6.33 Å². The van der Waals surface area contributed by atoms with Crippen LogP contribution >= 0.6 is 23.2 Å². The Labute approximate surface area is 154 Å². The van der Waals surface area contributed by atoms with E-state index in [9.17, 15) is 4.79 Å². The molecular weight excluding hydrogens is 363 g/mol. The van der Waals surface area contributed by atoms with Gasteiger partial charge >= 0.3 is 0 Å². The Morgan fingerprint density at radius 2 is 1.96 bits per heavy atom. The van der Waals surface area contributed by atoms with Crippen LogP contribution in [0.25, 0.3) is 0 Å². The van der Waals surface area contributed by atoms with Gasteiger partial charge in [-0.1, -0.05) is 29.3 Å². The normalized spacial score (nSPS) is 10.5. The third kappa shape index (κ3) is 4.95. The van der Waals surface area contributed by atoms with Crippen molar-refractivity contribution < 1.29 is 9.53 Å². The first-order chi connectivity index (χ1) is 12.1. The number of aromatic nitrogens is 3. The van der Waals surface area contributed by atoms with E-state index in [4.69, 9.17) is 27.9 Å². The average molecular weight is 377 g/mol. The number of nitrogens with zero attached hydrogens (tertiary/aromatic N) is 3. The molecule has 0 saturated carbocycles. The molecule has 0 fully saturated rings. The Kier molecular flexibility index (Phi) is 5.53. The van der Waals surface area contributed by atoms with Gasteiger partial charge in [0, 0.05) is 27.4 Å². The minimum Gasteiger partial charge on any atom is -0.492 e. The molecule has 1 heterocycles. The van der Waals surface area contributed by atoms with Crippen LogP contribution in [0.1, 0.15) is 10.4 Å². The number of carbonyl (C=O) groups is 1. The van der Waals surface area contributed by atoms with E-state index >= 15 is 0 Å². The number of amides is 1. The van der Waals surface area contributed by atoms with Crippen LogP contribution in [0.5, 0.6) is 5.75 Å². The quantitative estimate of drug-likeness (QED) is 0.707. The second kappa shape index (κ2) is 8.00. The van der Waals surface area contributed by atoms with Crippen LogP contribution in [0, 0.1) is 0 Å². The van der Waals surface area contributed by atoms with Gasteiger partial charge in [-0.15, -0.1) is 0 Å². The van der Waals surface area contributed by atoms with Gasteiger partial charge in [0.05, 0.1) is 6.54 Å². The van der Waals surface area contributed by atoms with Gasteiger partial charge in [0.15, 0.2) is 0 Å². The number of anilines is 1. The molecule has 0 radical (unpaired) electrons. The lowest BCUT2D eigenvalue weighted by molar-refractivity contribution is 0.102. The number of hydrogen-bond donors (Lipinski definition) is 1. The Balaban J connectivity index is 1.61. The Bertz CT molecular complexity index is 849. The number of carbonyl (C=O) groups excluding carboxylic acids is 1. The molecule has 0 aliphatic rings. The molecule has 0 spiro atoms. The van der Waals surface area contributed by atoms with Crippen molar-refractivity contribution in [1.82, 2.24) is 14.8 Å². The lowest BCUT2D eigenvalue weighted by Gasteiger charge is -2.10. The molecule has 128 valence electrons. The molecule has 25 heavy (non-hydrogen) atoms. The summed E-state index contributed by atoms with van der Waals surface area (Å²) in [6.07, 6.45) is 3.09. The van der Waals surface area contributed by atoms with Crippen molar-refractivity contribution in [3.05, 3.63) is 70.7 Å². The third-order valence-electron chi connectivity index (χ3n) is 3.27. The van der Waals surface area contributed by atoms with Gasteiger partial charge in [-0.2, -0.15) is 5.10 Å². The summed E-state index contributed by atoms with van der Waals surface area (Å²) in [5.74, 6) is 0.339. The molecule has 1 aromatic heterocycles. The van der Waals surface area contributed by atoms with E-state index in [2.05, 4.69) is 15.4 Å². The fourth-order valence-corrected chi connectivity index (χ4v) is 2.68. The number of halogens is 2. The number of rotatable bonds is 6. The lowest BCUT2D eigenvalue weighted by atomic mass is 10.2. The first kappa shape index (κ1) is 17.3. The van der Waals surface area contributed by atoms with Crippen LogP contribution in [0.4, 0.5) is 5.69 Å². The molecule has 8 heteroatoms. The van der Waals surface area contributed by atoms with Gasteiger partial charge < -0.3 is 10.1 Å². The summed E-state index contributed by atoms with van der Waals surface area (Å²) >= 11 is 11.9. The summed E-state index contributed by atoms with van der Waals surface area (Å²) in [5.41, 5.74) is 0.995. The number of ether oxygens (including phenoxy) is 1. The number of nitrogens with one attached hydrogen (secondary N) is 1. The van der Waals surface area contributed by atoms with E-state index in [0.717, 1.165) is 0 Å². The van der Waals surface area contributed by atoms with E-state index in [-0.39, 0.29) is 5.91 Å². The average Bonchev–Trinajstić information content (AvgIpc) is 3.08. The van der Waals surface area contributed by atoms with Gasteiger partial charge in [-0.3, -0.25) is 4.79 Å². The van der Waals surface area contributed by atoms with Crippen molar-refractivity contribution in [2.24, 2.45) is 0 Å². The fourth-order valence-electron chi connectivity index (χ4n) is 2.16. The van der Waals surface area contributed by atoms with Gasteiger partial charge in [-0.05, 0) is 30.3 Å². The van der Waals surface area contributed by atoms with Crippen molar-refractivity contribution in [3.63, 3.8) is 0 Å². The van der Waals surface area contributed by atoms with Crippen molar-refractivity contribution in [3.8, 4) is 5.75 Å². The maximum atomic E-state index is 12.3. The molecule has 0 saturated heterocycles. The highest BCUT2D eigenvalue weighted by molar-refractivity contribution is 6.35. The van der Waals surface area contributed by atoms with Crippen LogP contribution in [0.3, 0.4) is 0 Å². The smallest absolute Gasteiger partial charge is 0.255 e. The SMILES string of the molecule is O=C(Nc1cccc(OCCn2cncn2)c1)c1cc(Cl)cc(Cl)c1. The van der Waals surface area contributed by atoms with Crippen LogP contribution in [-0.4, -0.2) is 27.3 Å². The zero-order valence-corrected chi connectivity index (χ0v) is 14.5. The zero-order chi connectivity index (χ0) is 17.6. The summed E-state index contributed by atoms with van der Waals surface area (Å²) in [4.78, 5) is 16.2. The van der Waals surface area contributed by atoms with Gasteiger partial charge in [0.25, 0.3) is 5.91 Å². The zero-order valence-electron chi connectivity index (χ0n) is 13.0. The van der Waals surface area contributed by atoms with E-state index in [1.54, 1.807) is 47.4 Å². The molecule has 6 nitrogen and oxygen atoms in total. The first-order valence-corrected chi connectivity index (χ1v) is 8.18.